The molecule has 0 N–H and O–H groups in total. The van der Waals surface area contributed by atoms with Gasteiger partial charge < -0.3 is 4.74 Å². The lowest BCUT2D eigenvalue weighted by Gasteiger charge is -2.33. The smallest absolute Gasteiger partial charge is 0.416 e. The minimum absolute atomic E-state index is 0.135. The topological polar surface area (TPSA) is 46.6 Å². The molecule has 1 amide bonds. The number of hydrogen-bond acceptors (Lipinski definition) is 4. The van der Waals surface area contributed by atoms with E-state index in [1.807, 2.05) is 38.3 Å². The van der Waals surface area contributed by atoms with Crippen LogP contribution in [-0.2, 0) is 9.53 Å². The fraction of sp³-hybridized carbons (Fsp3) is 0.600. The lowest BCUT2D eigenvalue weighted by molar-refractivity contribution is -0.121. The van der Waals surface area contributed by atoms with Crippen LogP contribution in [0.1, 0.15) is 46.5 Å². The number of ketones is 1. The van der Waals surface area contributed by atoms with Gasteiger partial charge in [-0.05, 0) is 51.1 Å². The normalized spacial score (nSPS) is 19.8. The Morgan fingerprint density at radius 1 is 1.40 bits per heavy atom. The maximum absolute atomic E-state index is 12.5. The van der Waals surface area contributed by atoms with Crippen LogP contribution in [-0.4, -0.2) is 23.5 Å². The van der Waals surface area contributed by atoms with Crippen molar-refractivity contribution in [2.24, 2.45) is 0 Å². The Morgan fingerprint density at radius 2 is 2.15 bits per heavy atom. The molecule has 0 bridgehead atoms. The summed E-state index contributed by atoms with van der Waals surface area (Å²) in [5.74, 6) is 0.135. The Labute approximate surface area is 123 Å². The zero-order chi connectivity index (χ0) is 14.8. The van der Waals surface area contributed by atoms with Gasteiger partial charge in [0.15, 0.2) is 5.78 Å². The van der Waals surface area contributed by atoms with Crippen LogP contribution in [0.15, 0.2) is 17.5 Å². The van der Waals surface area contributed by atoms with E-state index in [0.717, 1.165) is 24.3 Å². The van der Waals surface area contributed by atoms with Crippen LogP contribution in [0.25, 0.3) is 0 Å². The number of Topliss-reactive ketones (excluding diaryl/α,β-unsaturated/α-hetero) is 1. The minimum atomic E-state index is -0.565. The number of thiophene rings is 1. The Bertz CT molecular complexity index is 476. The summed E-state index contributed by atoms with van der Waals surface area (Å²) in [4.78, 5) is 26.2. The number of hydrogen-bond donors (Lipinski definition) is 0. The average molecular weight is 295 g/mol. The molecule has 5 heteroatoms. The Kier molecular flexibility index (Phi) is 4.48. The van der Waals surface area contributed by atoms with Crippen molar-refractivity contribution in [3.05, 3.63) is 17.5 Å². The molecule has 0 aromatic carbocycles. The SMILES string of the molecule is CC(C)(C)OC(=O)N(c1cccs1)C1CCCCC1=O. The number of rotatable bonds is 2. The molecule has 1 fully saturated rings. The fourth-order valence-corrected chi connectivity index (χ4v) is 3.10. The highest BCUT2D eigenvalue weighted by atomic mass is 32.1. The number of carbonyl (C=O) groups excluding carboxylic acids is 2. The minimum Gasteiger partial charge on any atom is -0.443 e. The first-order chi connectivity index (χ1) is 9.38. The number of amides is 1. The second-order valence-electron chi connectivity index (χ2n) is 6.03. The van der Waals surface area contributed by atoms with Crippen LogP contribution in [0.2, 0.25) is 0 Å². The summed E-state index contributed by atoms with van der Waals surface area (Å²) in [6, 6.07) is 3.36. The van der Waals surface area contributed by atoms with Crippen molar-refractivity contribution in [2.45, 2.75) is 58.1 Å². The monoisotopic (exact) mass is 295 g/mol. The van der Waals surface area contributed by atoms with Crippen molar-refractivity contribution >= 4 is 28.2 Å². The molecule has 0 saturated heterocycles. The van der Waals surface area contributed by atoms with Gasteiger partial charge in [0.2, 0.25) is 0 Å². The Morgan fingerprint density at radius 3 is 2.70 bits per heavy atom. The van der Waals surface area contributed by atoms with Gasteiger partial charge in [-0.1, -0.05) is 6.42 Å². The molecular formula is C15H21NO3S. The van der Waals surface area contributed by atoms with Gasteiger partial charge in [-0.3, -0.25) is 9.69 Å². The lowest BCUT2D eigenvalue weighted by Crippen LogP contribution is -2.48. The standard InChI is InChI=1S/C15H21NO3S/c1-15(2,3)19-14(18)16(13-9-6-10-20-13)11-7-4-5-8-12(11)17/h6,9-11H,4-5,7-8H2,1-3H3. The van der Waals surface area contributed by atoms with Gasteiger partial charge in [0, 0.05) is 6.42 Å². The third-order valence-corrected chi connectivity index (χ3v) is 4.04. The molecule has 1 atom stereocenters. The van der Waals surface area contributed by atoms with Crippen LogP contribution in [0.5, 0.6) is 0 Å². The third kappa shape index (κ3) is 3.60. The second-order valence-corrected chi connectivity index (χ2v) is 6.96. The summed E-state index contributed by atoms with van der Waals surface area (Å²) < 4.78 is 5.47. The molecule has 0 spiro atoms. The maximum Gasteiger partial charge on any atom is 0.416 e. The quantitative estimate of drug-likeness (QED) is 0.828. The molecule has 1 saturated carbocycles. The van der Waals surface area contributed by atoms with Crippen LogP contribution in [0.3, 0.4) is 0 Å². The van der Waals surface area contributed by atoms with Gasteiger partial charge in [0.25, 0.3) is 0 Å². The number of carbonyl (C=O) groups is 2. The summed E-state index contributed by atoms with van der Waals surface area (Å²) in [7, 11) is 0. The summed E-state index contributed by atoms with van der Waals surface area (Å²) in [6.07, 6.45) is 2.73. The molecule has 1 aliphatic rings. The zero-order valence-electron chi connectivity index (χ0n) is 12.2. The molecule has 1 heterocycles. The molecule has 1 aromatic heterocycles. The molecule has 4 nitrogen and oxygen atoms in total. The van der Waals surface area contributed by atoms with Crippen LogP contribution >= 0.6 is 11.3 Å². The lowest BCUT2D eigenvalue weighted by atomic mass is 9.93. The predicted octanol–water partition coefficient (Wildman–Crippen LogP) is 4.00. The summed E-state index contributed by atoms with van der Waals surface area (Å²) in [5, 5.41) is 2.68. The number of nitrogens with zero attached hydrogens (tertiary/aromatic N) is 1. The molecule has 1 unspecified atom stereocenters. The first-order valence-electron chi connectivity index (χ1n) is 6.97. The summed E-state index contributed by atoms with van der Waals surface area (Å²) in [6.45, 7) is 5.50. The van der Waals surface area contributed by atoms with Crippen LogP contribution in [0, 0.1) is 0 Å². The van der Waals surface area contributed by atoms with Gasteiger partial charge >= 0.3 is 6.09 Å². The number of anilines is 1. The fourth-order valence-electron chi connectivity index (χ4n) is 2.33. The van der Waals surface area contributed by atoms with E-state index < -0.39 is 11.7 Å². The molecule has 1 aromatic rings. The first-order valence-corrected chi connectivity index (χ1v) is 7.85. The highest BCUT2D eigenvalue weighted by molar-refractivity contribution is 7.14. The summed E-state index contributed by atoms with van der Waals surface area (Å²) >= 11 is 1.45. The van der Waals surface area contributed by atoms with Crippen molar-refractivity contribution in [3.63, 3.8) is 0 Å². The Hall–Kier alpha value is -1.36. The van der Waals surface area contributed by atoms with Crippen molar-refractivity contribution < 1.29 is 14.3 Å². The van der Waals surface area contributed by atoms with E-state index in [4.69, 9.17) is 4.74 Å². The van der Waals surface area contributed by atoms with Gasteiger partial charge in [-0.25, -0.2) is 4.79 Å². The third-order valence-electron chi connectivity index (χ3n) is 3.17. The zero-order valence-corrected chi connectivity index (χ0v) is 13.0. The van der Waals surface area contributed by atoms with Crippen molar-refractivity contribution in [1.82, 2.24) is 0 Å². The molecule has 0 radical (unpaired) electrons. The van der Waals surface area contributed by atoms with Crippen LogP contribution in [0.4, 0.5) is 9.80 Å². The van der Waals surface area contributed by atoms with Crippen LogP contribution < -0.4 is 4.90 Å². The van der Waals surface area contributed by atoms with E-state index in [2.05, 4.69) is 0 Å². The van der Waals surface area contributed by atoms with E-state index >= 15 is 0 Å². The van der Waals surface area contributed by atoms with E-state index in [-0.39, 0.29) is 11.8 Å². The molecule has 110 valence electrons. The first kappa shape index (κ1) is 15.0. The largest absolute Gasteiger partial charge is 0.443 e. The van der Waals surface area contributed by atoms with Crippen molar-refractivity contribution in [3.8, 4) is 0 Å². The van der Waals surface area contributed by atoms with E-state index in [0.29, 0.717) is 6.42 Å². The Balaban J connectivity index is 2.25. The second kappa shape index (κ2) is 5.95. The molecule has 20 heavy (non-hydrogen) atoms. The molecule has 1 aliphatic carbocycles. The van der Waals surface area contributed by atoms with Gasteiger partial charge in [0.1, 0.15) is 10.6 Å². The van der Waals surface area contributed by atoms with Gasteiger partial charge in [-0.2, -0.15) is 0 Å². The highest BCUT2D eigenvalue weighted by Gasteiger charge is 2.35. The summed E-state index contributed by atoms with van der Waals surface area (Å²) in [5.41, 5.74) is -0.565. The predicted molar refractivity (Wildman–Crippen MR) is 80.3 cm³/mol. The molecular weight excluding hydrogens is 274 g/mol. The van der Waals surface area contributed by atoms with Crippen molar-refractivity contribution in [2.75, 3.05) is 4.90 Å². The highest BCUT2D eigenvalue weighted by Crippen LogP contribution is 2.30. The molecule has 0 aliphatic heterocycles. The maximum atomic E-state index is 12.5. The van der Waals surface area contributed by atoms with Crippen molar-refractivity contribution in [1.29, 1.82) is 0 Å². The van der Waals surface area contributed by atoms with E-state index in [9.17, 15) is 9.59 Å². The van der Waals surface area contributed by atoms with Gasteiger partial charge in [-0.15, -0.1) is 11.3 Å². The average Bonchev–Trinajstić information content (AvgIpc) is 2.83. The van der Waals surface area contributed by atoms with Gasteiger partial charge in [0.05, 0.1) is 6.04 Å². The van der Waals surface area contributed by atoms with E-state index in [1.54, 1.807) is 0 Å². The molecule has 2 rings (SSSR count). The van der Waals surface area contributed by atoms with E-state index in [1.165, 1.54) is 16.2 Å². The number of ether oxygens (including phenoxy) is 1.